The average molecular weight is 275 g/mol. The van der Waals surface area contributed by atoms with E-state index in [1.54, 1.807) is 11.8 Å². The second-order valence-electron chi connectivity index (χ2n) is 4.67. The Bertz CT molecular complexity index is 549. The summed E-state index contributed by atoms with van der Waals surface area (Å²) in [7, 11) is 0. The second kappa shape index (κ2) is 5.71. The third-order valence-electron chi connectivity index (χ3n) is 3.30. The molecule has 0 aliphatic carbocycles. The van der Waals surface area contributed by atoms with Crippen LogP contribution in [0.25, 0.3) is 0 Å². The summed E-state index contributed by atoms with van der Waals surface area (Å²) < 4.78 is 2.23. The Hall–Kier alpha value is -1.40. The lowest BCUT2D eigenvalue weighted by atomic mass is 10.2. The average Bonchev–Trinajstić information content (AvgIpc) is 2.68. The molecule has 100 valence electrons. The van der Waals surface area contributed by atoms with Gasteiger partial charge < -0.3 is 10.3 Å². The van der Waals surface area contributed by atoms with Crippen molar-refractivity contribution in [2.24, 2.45) is 5.73 Å². The van der Waals surface area contributed by atoms with Crippen molar-refractivity contribution >= 4 is 11.8 Å². The molecule has 0 radical (unpaired) electrons. The topological polar surface area (TPSA) is 69.6 Å². The van der Waals surface area contributed by atoms with Gasteiger partial charge in [-0.15, -0.1) is 10.2 Å². The Balaban J connectivity index is 1.80. The normalized spacial score (nSPS) is 15.0. The summed E-state index contributed by atoms with van der Waals surface area (Å²) in [4.78, 5) is 4.40. The van der Waals surface area contributed by atoms with E-state index < -0.39 is 0 Å². The maximum Gasteiger partial charge on any atom is 0.197 e. The lowest BCUT2D eigenvalue weighted by Gasteiger charge is -2.06. The van der Waals surface area contributed by atoms with Crippen molar-refractivity contribution in [3.63, 3.8) is 0 Å². The molecule has 3 heterocycles. The molecule has 2 aromatic heterocycles. The van der Waals surface area contributed by atoms with Crippen molar-refractivity contribution in [2.45, 2.75) is 49.0 Å². The summed E-state index contributed by atoms with van der Waals surface area (Å²) in [6, 6.07) is 4.00. The SMILES string of the molecule is NCc1ccc(Sc2nnc3n2CCCCC3)nc1. The maximum atomic E-state index is 5.57. The zero-order valence-corrected chi connectivity index (χ0v) is 11.6. The molecule has 2 N–H and O–H groups in total. The first-order valence-electron chi connectivity index (χ1n) is 6.62. The number of aromatic nitrogens is 4. The van der Waals surface area contributed by atoms with Crippen LogP contribution in [0.15, 0.2) is 28.5 Å². The molecule has 5 nitrogen and oxygen atoms in total. The Morgan fingerprint density at radius 3 is 2.95 bits per heavy atom. The lowest BCUT2D eigenvalue weighted by molar-refractivity contribution is 0.590. The summed E-state index contributed by atoms with van der Waals surface area (Å²) in [5.74, 6) is 1.11. The van der Waals surface area contributed by atoms with Crippen LogP contribution >= 0.6 is 11.8 Å². The van der Waals surface area contributed by atoms with Crippen LogP contribution in [0.2, 0.25) is 0 Å². The molecule has 0 spiro atoms. The standard InChI is InChI=1S/C13H17N5S/c14-8-10-5-6-12(15-9-10)19-13-17-16-11-4-2-1-3-7-18(11)13/h5-6,9H,1-4,7-8,14H2. The van der Waals surface area contributed by atoms with E-state index in [4.69, 9.17) is 5.73 Å². The van der Waals surface area contributed by atoms with Gasteiger partial charge in [-0.25, -0.2) is 4.98 Å². The third-order valence-corrected chi connectivity index (χ3v) is 4.24. The van der Waals surface area contributed by atoms with Crippen LogP contribution in [-0.4, -0.2) is 19.7 Å². The van der Waals surface area contributed by atoms with Gasteiger partial charge in [0.1, 0.15) is 10.9 Å². The van der Waals surface area contributed by atoms with Crippen LogP contribution in [0.1, 0.15) is 30.7 Å². The van der Waals surface area contributed by atoms with Crippen molar-refractivity contribution in [2.75, 3.05) is 0 Å². The first-order valence-corrected chi connectivity index (χ1v) is 7.43. The van der Waals surface area contributed by atoms with Gasteiger partial charge in [0.25, 0.3) is 0 Å². The van der Waals surface area contributed by atoms with E-state index in [1.807, 2.05) is 18.3 Å². The van der Waals surface area contributed by atoms with Gasteiger partial charge in [-0.3, -0.25) is 0 Å². The quantitative estimate of drug-likeness (QED) is 0.928. The van der Waals surface area contributed by atoms with Crippen LogP contribution in [0.5, 0.6) is 0 Å². The number of nitrogens with two attached hydrogens (primary N) is 1. The molecule has 0 unspecified atom stereocenters. The molecule has 0 atom stereocenters. The smallest absolute Gasteiger partial charge is 0.197 e. The first-order chi connectivity index (χ1) is 9.36. The fourth-order valence-corrected chi connectivity index (χ4v) is 3.04. The van der Waals surface area contributed by atoms with E-state index >= 15 is 0 Å². The van der Waals surface area contributed by atoms with Crippen LogP contribution < -0.4 is 5.73 Å². The summed E-state index contributed by atoms with van der Waals surface area (Å²) in [5.41, 5.74) is 6.62. The van der Waals surface area contributed by atoms with Crippen LogP contribution in [0.3, 0.4) is 0 Å². The molecule has 3 rings (SSSR count). The minimum Gasteiger partial charge on any atom is -0.326 e. The molecular weight excluding hydrogens is 258 g/mol. The van der Waals surface area contributed by atoms with Gasteiger partial charge in [0.05, 0.1) is 0 Å². The van der Waals surface area contributed by atoms with Crippen LogP contribution in [-0.2, 0) is 19.5 Å². The molecule has 2 aromatic rings. The van der Waals surface area contributed by atoms with Gasteiger partial charge in [-0.1, -0.05) is 12.5 Å². The first kappa shape index (κ1) is 12.6. The maximum absolute atomic E-state index is 5.57. The fraction of sp³-hybridized carbons (Fsp3) is 0.462. The minimum absolute atomic E-state index is 0.526. The highest BCUT2D eigenvalue weighted by Gasteiger charge is 2.15. The second-order valence-corrected chi connectivity index (χ2v) is 5.66. The van der Waals surface area contributed by atoms with Crippen molar-refractivity contribution in [1.29, 1.82) is 0 Å². The monoisotopic (exact) mass is 275 g/mol. The number of rotatable bonds is 3. The molecule has 19 heavy (non-hydrogen) atoms. The highest BCUT2D eigenvalue weighted by molar-refractivity contribution is 7.99. The van der Waals surface area contributed by atoms with Gasteiger partial charge in [-0.05, 0) is 36.2 Å². The van der Waals surface area contributed by atoms with Crippen molar-refractivity contribution in [3.8, 4) is 0 Å². The Labute approximate surface area is 116 Å². The number of fused-ring (bicyclic) bond motifs is 1. The van der Waals surface area contributed by atoms with Gasteiger partial charge in [0, 0.05) is 25.7 Å². The van der Waals surface area contributed by atoms with Gasteiger partial charge in [-0.2, -0.15) is 0 Å². The largest absolute Gasteiger partial charge is 0.326 e. The summed E-state index contributed by atoms with van der Waals surface area (Å²) in [6.45, 7) is 1.55. The fourth-order valence-electron chi connectivity index (χ4n) is 2.22. The Morgan fingerprint density at radius 2 is 2.16 bits per heavy atom. The molecule has 0 saturated carbocycles. The number of hydrogen-bond acceptors (Lipinski definition) is 5. The minimum atomic E-state index is 0.526. The summed E-state index contributed by atoms with van der Waals surface area (Å²) >= 11 is 1.57. The Morgan fingerprint density at radius 1 is 1.21 bits per heavy atom. The molecule has 0 aromatic carbocycles. The van der Waals surface area contributed by atoms with Gasteiger partial charge in [0.2, 0.25) is 0 Å². The van der Waals surface area contributed by atoms with Crippen molar-refractivity contribution < 1.29 is 0 Å². The van der Waals surface area contributed by atoms with Crippen LogP contribution in [0, 0.1) is 0 Å². The van der Waals surface area contributed by atoms with E-state index in [-0.39, 0.29) is 0 Å². The zero-order chi connectivity index (χ0) is 13.1. The number of hydrogen-bond donors (Lipinski definition) is 1. The van der Waals surface area contributed by atoms with E-state index in [0.717, 1.165) is 34.5 Å². The highest BCUT2D eigenvalue weighted by atomic mass is 32.2. The molecule has 0 amide bonds. The summed E-state index contributed by atoms with van der Waals surface area (Å²) in [6.07, 6.45) is 6.55. The van der Waals surface area contributed by atoms with E-state index in [0.29, 0.717) is 6.54 Å². The molecule has 6 heteroatoms. The highest BCUT2D eigenvalue weighted by Crippen LogP contribution is 2.27. The van der Waals surface area contributed by atoms with E-state index in [1.165, 1.54) is 19.3 Å². The zero-order valence-electron chi connectivity index (χ0n) is 10.7. The van der Waals surface area contributed by atoms with E-state index in [9.17, 15) is 0 Å². The molecule has 1 aliphatic heterocycles. The third kappa shape index (κ3) is 2.79. The van der Waals surface area contributed by atoms with Crippen LogP contribution in [0.4, 0.5) is 0 Å². The van der Waals surface area contributed by atoms with Gasteiger partial charge in [0.15, 0.2) is 5.16 Å². The van der Waals surface area contributed by atoms with Gasteiger partial charge >= 0.3 is 0 Å². The molecule has 0 bridgehead atoms. The summed E-state index contributed by atoms with van der Waals surface area (Å²) in [5, 5.41) is 10.5. The predicted molar refractivity (Wildman–Crippen MR) is 73.8 cm³/mol. The molecule has 0 fully saturated rings. The number of pyridine rings is 1. The van der Waals surface area contributed by atoms with Crippen molar-refractivity contribution in [1.82, 2.24) is 19.7 Å². The van der Waals surface area contributed by atoms with Crippen molar-refractivity contribution in [3.05, 3.63) is 29.7 Å². The molecule has 1 aliphatic rings. The predicted octanol–water partition coefficient (Wildman–Crippen LogP) is 2.01. The molecule has 0 saturated heterocycles. The number of nitrogens with zero attached hydrogens (tertiary/aromatic N) is 4. The lowest BCUT2D eigenvalue weighted by Crippen LogP contribution is -2.02. The van der Waals surface area contributed by atoms with E-state index in [2.05, 4.69) is 19.7 Å². The molecular formula is C13H17N5S. The number of aryl methyl sites for hydroxylation is 1. The Kier molecular flexibility index (Phi) is 3.79.